The zero-order valence-electron chi connectivity index (χ0n) is 12.7. The first-order valence-electron chi connectivity index (χ1n) is 7.40. The predicted octanol–water partition coefficient (Wildman–Crippen LogP) is 4.27. The van der Waals surface area contributed by atoms with E-state index in [1.54, 1.807) is 12.1 Å². The third kappa shape index (κ3) is 3.87. The van der Waals surface area contributed by atoms with Gasteiger partial charge in [0.15, 0.2) is 5.78 Å². The first-order valence-corrected chi connectivity index (χ1v) is 8.38. The molecule has 1 aromatic heterocycles. The highest BCUT2D eigenvalue weighted by molar-refractivity contribution is 7.99. The molecule has 2 aromatic carbocycles. The molecule has 3 aromatic rings. The van der Waals surface area contributed by atoms with Gasteiger partial charge in [-0.1, -0.05) is 61.2 Å². The molecule has 0 aliphatic heterocycles. The van der Waals surface area contributed by atoms with Crippen molar-refractivity contribution in [1.29, 1.82) is 0 Å². The molecule has 0 fully saturated rings. The topological polar surface area (TPSA) is 56.0 Å². The first kappa shape index (κ1) is 15.5. The Hall–Kier alpha value is -2.40. The van der Waals surface area contributed by atoms with Crippen LogP contribution in [0, 0.1) is 0 Å². The second-order valence-corrected chi connectivity index (χ2v) is 5.93. The van der Waals surface area contributed by atoms with E-state index in [2.05, 4.69) is 17.1 Å². The fourth-order valence-electron chi connectivity index (χ4n) is 2.10. The largest absolute Gasteiger partial charge is 0.411 e. The van der Waals surface area contributed by atoms with Crippen LogP contribution in [0.4, 0.5) is 0 Å². The van der Waals surface area contributed by atoms with Gasteiger partial charge in [-0.3, -0.25) is 4.79 Å². The number of thioether (sulfide) groups is 1. The van der Waals surface area contributed by atoms with E-state index in [1.807, 2.05) is 42.5 Å². The highest BCUT2D eigenvalue weighted by Gasteiger charge is 2.12. The van der Waals surface area contributed by atoms with Crippen LogP contribution in [0.5, 0.6) is 0 Å². The number of benzene rings is 2. The fraction of sp³-hybridized carbons (Fsp3) is 0.167. The van der Waals surface area contributed by atoms with E-state index in [4.69, 9.17) is 4.42 Å². The van der Waals surface area contributed by atoms with Gasteiger partial charge in [-0.05, 0) is 24.1 Å². The van der Waals surface area contributed by atoms with E-state index >= 15 is 0 Å². The molecule has 0 unspecified atom stereocenters. The number of carbonyl (C=O) groups excluding carboxylic acids is 1. The smallest absolute Gasteiger partial charge is 0.277 e. The number of aryl methyl sites for hydroxylation is 1. The van der Waals surface area contributed by atoms with Gasteiger partial charge in [0, 0.05) is 11.1 Å². The number of hydrogen-bond acceptors (Lipinski definition) is 5. The van der Waals surface area contributed by atoms with Gasteiger partial charge in [0.1, 0.15) is 0 Å². The Morgan fingerprint density at radius 2 is 1.78 bits per heavy atom. The summed E-state index contributed by atoms with van der Waals surface area (Å²) >= 11 is 1.26. The Morgan fingerprint density at radius 1 is 1.04 bits per heavy atom. The molecule has 23 heavy (non-hydrogen) atoms. The van der Waals surface area contributed by atoms with Gasteiger partial charge in [0.05, 0.1) is 5.75 Å². The summed E-state index contributed by atoms with van der Waals surface area (Å²) in [6.07, 6.45) is 0.993. The fourth-order valence-corrected chi connectivity index (χ4v) is 2.76. The molecule has 0 aliphatic carbocycles. The van der Waals surface area contributed by atoms with E-state index in [-0.39, 0.29) is 11.5 Å². The predicted molar refractivity (Wildman–Crippen MR) is 90.6 cm³/mol. The molecule has 116 valence electrons. The number of ketones is 1. The van der Waals surface area contributed by atoms with Crippen molar-refractivity contribution < 1.29 is 9.21 Å². The normalized spacial score (nSPS) is 10.7. The van der Waals surface area contributed by atoms with Crippen LogP contribution < -0.4 is 0 Å². The van der Waals surface area contributed by atoms with Gasteiger partial charge in [-0.15, -0.1) is 10.2 Å². The Balaban J connectivity index is 1.64. The third-order valence-electron chi connectivity index (χ3n) is 3.44. The van der Waals surface area contributed by atoms with E-state index in [0.717, 1.165) is 12.0 Å². The summed E-state index contributed by atoms with van der Waals surface area (Å²) in [4.78, 5) is 12.1. The average molecular weight is 324 g/mol. The zero-order chi connectivity index (χ0) is 16.1. The van der Waals surface area contributed by atoms with Crippen LogP contribution in [0.25, 0.3) is 11.5 Å². The SMILES string of the molecule is CCc1ccc(-c2nnc(SCC(=O)c3ccccc3)o2)cc1. The molecular formula is C18H16N2O2S. The van der Waals surface area contributed by atoms with E-state index in [9.17, 15) is 4.79 Å². The van der Waals surface area contributed by atoms with Gasteiger partial charge >= 0.3 is 0 Å². The quantitative estimate of drug-likeness (QED) is 0.500. The van der Waals surface area contributed by atoms with Crippen LogP contribution in [0.15, 0.2) is 64.2 Å². The van der Waals surface area contributed by atoms with Crippen LogP contribution in [-0.4, -0.2) is 21.7 Å². The molecule has 3 rings (SSSR count). The van der Waals surface area contributed by atoms with Crippen molar-refractivity contribution >= 4 is 17.5 Å². The maximum atomic E-state index is 12.1. The summed E-state index contributed by atoms with van der Waals surface area (Å²) in [5.74, 6) is 0.797. The molecule has 0 radical (unpaired) electrons. The molecule has 1 heterocycles. The molecule has 4 nitrogen and oxygen atoms in total. The number of rotatable bonds is 6. The van der Waals surface area contributed by atoms with Crippen LogP contribution in [0.2, 0.25) is 0 Å². The highest BCUT2D eigenvalue weighted by Crippen LogP contribution is 2.24. The van der Waals surface area contributed by atoms with Crippen molar-refractivity contribution in [1.82, 2.24) is 10.2 Å². The summed E-state index contributed by atoms with van der Waals surface area (Å²) in [5.41, 5.74) is 2.84. The van der Waals surface area contributed by atoms with Crippen molar-refractivity contribution in [2.45, 2.75) is 18.6 Å². The maximum Gasteiger partial charge on any atom is 0.277 e. The molecular weight excluding hydrogens is 308 g/mol. The monoisotopic (exact) mass is 324 g/mol. The molecule has 0 aliphatic rings. The lowest BCUT2D eigenvalue weighted by atomic mass is 10.1. The highest BCUT2D eigenvalue weighted by atomic mass is 32.2. The first-order chi connectivity index (χ1) is 11.3. The minimum Gasteiger partial charge on any atom is -0.411 e. The lowest BCUT2D eigenvalue weighted by Crippen LogP contribution is -2.01. The maximum absolute atomic E-state index is 12.1. The Morgan fingerprint density at radius 3 is 2.48 bits per heavy atom. The molecule has 0 N–H and O–H groups in total. The van der Waals surface area contributed by atoms with Gasteiger partial charge in [0.25, 0.3) is 5.22 Å². The van der Waals surface area contributed by atoms with Crippen molar-refractivity contribution in [2.24, 2.45) is 0 Å². The molecule has 0 atom stereocenters. The average Bonchev–Trinajstić information content (AvgIpc) is 3.09. The van der Waals surface area contributed by atoms with E-state index in [0.29, 0.717) is 16.7 Å². The van der Waals surface area contributed by atoms with Crippen LogP contribution in [-0.2, 0) is 6.42 Å². The second kappa shape index (κ2) is 7.24. The summed E-state index contributed by atoms with van der Waals surface area (Å²) in [7, 11) is 0. The van der Waals surface area contributed by atoms with Crippen LogP contribution >= 0.6 is 11.8 Å². The molecule has 0 saturated carbocycles. The summed E-state index contributed by atoms with van der Waals surface area (Å²) < 4.78 is 5.62. The molecule has 0 spiro atoms. The molecule has 0 amide bonds. The van der Waals surface area contributed by atoms with Gasteiger partial charge < -0.3 is 4.42 Å². The summed E-state index contributed by atoms with van der Waals surface area (Å²) in [5, 5.41) is 8.45. The minimum atomic E-state index is 0.0441. The summed E-state index contributed by atoms with van der Waals surface area (Å²) in [6, 6.07) is 17.2. The Kier molecular flexibility index (Phi) is 4.88. The van der Waals surface area contributed by atoms with Gasteiger partial charge in [0.2, 0.25) is 5.89 Å². The molecule has 0 bridgehead atoms. The van der Waals surface area contributed by atoms with Gasteiger partial charge in [-0.25, -0.2) is 0 Å². The number of Topliss-reactive ketones (excluding diaryl/α,β-unsaturated/α-hetero) is 1. The number of hydrogen-bond donors (Lipinski definition) is 0. The number of carbonyl (C=O) groups is 1. The van der Waals surface area contributed by atoms with Crippen molar-refractivity contribution in [3.63, 3.8) is 0 Å². The minimum absolute atomic E-state index is 0.0441. The Bertz CT molecular complexity index is 782. The lowest BCUT2D eigenvalue weighted by Gasteiger charge is -1.98. The summed E-state index contributed by atoms with van der Waals surface area (Å²) in [6.45, 7) is 2.11. The molecule has 0 saturated heterocycles. The van der Waals surface area contributed by atoms with Crippen molar-refractivity contribution in [2.75, 3.05) is 5.75 Å². The lowest BCUT2D eigenvalue weighted by molar-refractivity contribution is 0.102. The third-order valence-corrected chi connectivity index (χ3v) is 4.26. The van der Waals surface area contributed by atoms with Gasteiger partial charge in [-0.2, -0.15) is 0 Å². The number of aromatic nitrogens is 2. The van der Waals surface area contributed by atoms with E-state index in [1.165, 1.54) is 17.3 Å². The van der Waals surface area contributed by atoms with Crippen LogP contribution in [0.1, 0.15) is 22.8 Å². The van der Waals surface area contributed by atoms with Crippen LogP contribution in [0.3, 0.4) is 0 Å². The zero-order valence-corrected chi connectivity index (χ0v) is 13.5. The number of nitrogens with zero attached hydrogens (tertiary/aromatic N) is 2. The molecule has 5 heteroatoms. The van der Waals surface area contributed by atoms with Crippen molar-refractivity contribution in [3.05, 3.63) is 65.7 Å². The standard InChI is InChI=1S/C18H16N2O2S/c1-2-13-8-10-15(11-9-13)17-19-20-18(22-17)23-12-16(21)14-6-4-3-5-7-14/h3-11H,2,12H2,1H3. The Labute approximate surface area is 138 Å². The van der Waals surface area contributed by atoms with Crippen molar-refractivity contribution in [3.8, 4) is 11.5 Å². The second-order valence-electron chi connectivity index (χ2n) is 5.00. The van der Waals surface area contributed by atoms with E-state index < -0.39 is 0 Å².